The van der Waals surface area contributed by atoms with Gasteiger partial charge in [-0.25, -0.2) is 0 Å². The zero-order valence-electron chi connectivity index (χ0n) is 13.1. The molecule has 20 heavy (non-hydrogen) atoms. The van der Waals surface area contributed by atoms with Crippen molar-refractivity contribution in [2.45, 2.75) is 26.8 Å². The minimum absolute atomic E-state index is 0.282. The largest absolute Gasteiger partial charge is 0.491 e. The maximum Gasteiger partial charge on any atom is 0.124 e. The molecule has 0 radical (unpaired) electrons. The number of hydrogen-bond acceptors (Lipinski definition) is 4. The number of rotatable bonds is 10. The van der Waals surface area contributed by atoms with Crippen LogP contribution >= 0.6 is 0 Å². The molecular weight excluding hydrogens is 254 g/mol. The third-order valence-corrected chi connectivity index (χ3v) is 3.06. The molecule has 114 valence electrons. The van der Waals surface area contributed by atoms with Crippen LogP contribution in [0.15, 0.2) is 18.2 Å². The zero-order chi connectivity index (χ0) is 14.8. The van der Waals surface area contributed by atoms with E-state index in [1.807, 2.05) is 6.07 Å². The number of nitrogens with one attached hydrogen (secondary N) is 1. The van der Waals surface area contributed by atoms with Gasteiger partial charge in [-0.1, -0.05) is 24.6 Å². The van der Waals surface area contributed by atoms with Crippen LogP contribution in [0.25, 0.3) is 0 Å². The quantitative estimate of drug-likeness (QED) is 0.669. The van der Waals surface area contributed by atoms with Gasteiger partial charge in [0.2, 0.25) is 0 Å². The Balaban J connectivity index is 2.51. The van der Waals surface area contributed by atoms with Crippen LogP contribution in [0.4, 0.5) is 0 Å². The molecule has 0 aliphatic heterocycles. The van der Waals surface area contributed by atoms with Crippen molar-refractivity contribution in [2.24, 2.45) is 0 Å². The van der Waals surface area contributed by atoms with E-state index in [1.165, 1.54) is 11.1 Å². The average molecular weight is 281 g/mol. The Labute approximate surface area is 122 Å². The fraction of sp³-hybridized carbons (Fsp3) is 0.625. The SMILES string of the molecule is CCNC(C)c1cc(C)ccc1OCCOCCOC. The van der Waals surface area contributed by atoms with Gasteiger partial charge in [0.25, 0.3) is 0 Å². The number of methoxy groups -OCH3 is 1. The maximum atomic E-state index is 5.83. The van der Waals surface area contributed by atoms with E-state index in [4.69, 9.17) is 14.2 Å². The Morgan fingerprint density at radius 1 is 1.15 bits per heavy atom. The highest BCUT2D eigenvalue weighted by atomic mass is 16.5. The standard InChI is InChI=1S/C16H27NO3/c1-5-17-14(3)15-12-13(2)6-7-16(15)20-11-10-19-9-8-18-4/h6-7,12,14,17H,5,8-11H2,1-4H3. The number of aryl methyl sites for hydroxylation is 1. The monoisotopic (exact) mass is 281 g/mol. The predicted octanol–water partition coefficient (Wildman–Crippen LogP) is 2.71. The summed E-state index contributed by atoms with van der Waals surface area (Å²) in [6.07, 6.45) is 0. The fourth-order valence-corrected chi connectivity index (χ4v) is 2.01. The van der Waals surface area contributed by atoms with Crippen LogP contribution in [0.2, 0.25) is 0 Å². The maximum absolute atomic E-state index is 5.83. The van der Waals surface area contributed by atoms with Crippen LogP contribution < -0.4 is 10.1 Å². The summed E-state index contributed by atoms with van der Waals surface area (Å²) in [4.78, 5) is 0. The Morgan fingerprint density at radius 2 is 1.90 bits per heavy atom. The first-order valence-electron chi connectivity index (χ1n) is 7.22. The van der Waals surface area contributed by atoms with Crippen molar-refractivity contribution in [2.75, 3.05) is 40.1 Å². The number of benzene rings is 1. The van der Waals surface area contributed by atoms with Gasteiger partial charge in [-0.05, 0) is 26.5 Å². The van der Waals surface area contributed by atoms with Crippen molar-refractivity contribution in [3.8, 4) is 5.75 Å². The Morgan fingerprint density at radius 3 is 2.60 bits per heavy atom. The minimum atomic E-state index is 0.282. The molecule has 0 aliphatic carbocycles. The van der Waals surface area contributed by atoms with E-state index in [0.29, 0.717) is 26.4 Å². The molecule has 1 aromatic rings. The smallest absolute Gasteiger partial charge is 0.124 e. The third kappa shape index (κ3) is 5.90. The van der Waals surface area contributed by atoms with Gasteiger partial charge in [0.15, 0.2) is 0 Å². The Kier molecular flexibility index (Phi) is 8.26. The molecule has 4 nitrogen and oxygen atoms in total. The summed E-state index contributed by atoms with van der Waals surface area (Å²) >= 11 is 0. The lowest BCUT2D eigenvalue weighted by molar-refractivity contribution is 0.0542. The zero-order valence-corrected chi connectivity index (χ0v) is 13.1. The molecule has 4 heteroatoms. The van der Waals surface area contributed by atoms with E-state index in [2.05, 4.69) is 38.2 Å². The third-order valence-electron chi connectivity index (χ3n) is 3.06. The van der Waals surface area contributed by atoms with Gasteiger partial charge in [0.1, 0.15) is 12.4 Å². The molecule has 0 aromatic heterocycles. The van der Waals surface area contributed by atoms with Gasteiger partial charge in [-0.2, -0.15) is 0 Å². The normalized spacial score (nSPS) is 12.4. The van der Waals surface area contributed by atoms with Crippen LogP contribution in [0.5, 0.6) is 5.75 Å². The summed E-state index contributed by atoms with van der Waals surface area (Å²) in [6.45, 7) is 9.65. The topological polar surface area (TPSA) is 39.7 Å². The summed E-state index contributed by atoms with van der Waals surface area (Å²) < 4.78 is 16.2. The molecule has 0 bridgehead atoms. The van der Waals surface area contributed by atoms with Crippen LogP contribution in [0.1, 0.15) is 31.0 Å². The van der Waals surface area contributed by atoms with E-state index >= 15 is 0 Å². The van der Waals surface area contributed by atoms with E-state index in [0.717, 1.165) is 12.3 Å². The molecule has 0 heterocycles. The lowest BCUT2D eigenvalue weighted by Gasteiger charge is -2.18. The second kappa shape index (κ2) is 9.75. The molecule has 0 fully saturated rings. The summed E-state index contributed by atoms with van der Waals surface area (Å²) in [5.74, 6) is 0.930. The van der Waals surface area contributed by atoms with Crippen molar-refractivity contribution in [3.63, 3.8) is 0 Å². The van der Waals surface area contributed by atoms with Crippen molar-refractivity contribution >= 4 is 0 Å². The fourth-order valence-electron chi connectivity index (χ4n) is 2.01. The minimum Gasteiger partial charge on any atom is -0.491 e. The summed E-state index contributed by atoms with van der Waals surface area (Å²) in [6, 6.07) is 6.56. The molecule has 0 aliphatic rings. The summed E-state index contributed by atoms with van der Waals surface area (Å²) in [5, 5.41) is 3.42. The van der Waals surface area contributed by atoms with E-state index in [9.17, 15) is 0 Å². The Hall–Kier alpha value is -1.10. The van der Waals surface area contributed by atoms with E-state index in [1.54, 1.807) is 7.11 Å². The molecular formula is C16H27NO3. The molecule has 1 N–H and O–H groups in total. The Bertz CT molecular complexity index is 382. The van der Waals surface area contributed by atoms with Gasteiger partial charge in [0.05, 0.1) is 19.8 Å². The molecule has 1 rings (SSSR count). The first-order valence-corrected chi connectivity index (χ1v) is 7.22. The molecule has 0 amide bonds. The highest BCUT2D eigenvalue weighted by Gasteiger charge is 2.11. The second-order valence-electron chi connectivity index (χ2n) is 4.77. The molecule has 1 unspecified atom stereocenters. The predicted molar refractivity (Wildman–Crippen MR) is 81.5 cm³/mol. The van der Waals surface area contributed by atoms with Crippen LogP contribution in [-0.2, 0) is 9.47 Å². The molecule has 0 spiro atoms. The van der Waals surface area contributed by atoms with Crippen LogP contribution in [-0.4, -0.2) is 40.1 Å². The molecule has 1 atom stereocenters. The van der Waals surface area contributed by atoms with Crippen molar-refractivity contribution in [1.29, 1.82) is 0 Å². The lowest BCUT2D eigenvalue weighted by Crippen LogP contribution is -2.19. The van der Waals surface area contributed by atoms with Gasteiger partial charge in [0, 0.05) is 18.7 Å². The van der Waals surface area contributed by atoms with Crippen molar-refractivity contribution < 1.29 is 14.2 Å². The molecule has 1 aromatic carbocycles. The summed E-state index contributed by atoms with van der Waals surface area (Å²) in [5.41, 5.74) is 2.44. The van der Waals surface area contributed by atoms with Gasteiger partial charge < -0.3 is 19.5 Å². The van der Waals surface area contributed by atoms with E-state index < -0.39 is 0 Å². The number of hydrogen-bond donors (Lipinski definition) is 1. The van der Waals surface area contributed by atoms with Gasteiger partial charge in [-0.15, -0.1) is 0 Å². The van der Waals surface area contributed by atoms with Crippen LogP contribution in [0, 0.1) is 6.92 Å². The summed E-state index contributed by atoms with van der Waals surface area (Å²) in [7, 11) is 1.67. The van der Waals surface area contributed by atoms with Crippen LogP contribution in [0.3, 0.4) is 0 Å². The first kappa shape index (κ1) is 17.0. The van der Waals surface area contributed by atoms with Gasteiger partial charge >= 0.3 is 0 Å². The van der Waals surface area contributed by atoms with E-state index in [-0.39, 0.29) is 6.04 Å². The first-order chi connectivity index (χ1) is 9.69. The van der Waals surface area contributed by atoms with Gasteiger partial charge in [-0.3, -0.25) is 0 Å². The lowest BCUT2D eigenvalue weighted by atomic mass is 10.0. The molecule has 0 saturated carbocycles. The average Bonchev–Trinajstić information content (AvgIpc) is 2.44. The second-order valence-corrected chi connectivity index (χ2v) is 4.77. The number of ether oxygens (including phenoxy) is 3. The molecule has 0 saturated heterocycles. The van der Waals surface area contributed by atoms with Crippen molar-refractivity contribution in [1.82, 2.24) is 5.32 Å². The van der Waals surface area contributed by atoms with Crippen molar-refractivity contribution in [3.05, 3.63) is 29.3 Å². The highest BCUT2D eigenvalue weighted by Crippen LogP contribution is 2.26. The highest BCUT2D eigenvalue weighted by molar-refractivity contribution is 5.38.